The van der Waals surface area contributed by atoms with Crippen LogP contribution in [0.1, 0.15) is 81.7 Å². The van der Waals surface area contributed by atoms with Gasteiger partial charge in [0.25, 0.3) is 0 Å². The van der Waals surface area contributed by atoms with Gasteiger partial charge in [-0.25, -0.2) is 13.2 Å². The second kappa shape index (κ2) is 12.9. The molecule has 0 saturated carbocycles. The number of carbonyl (C=O) groups excluding carboxylic acids is 1. The van der Waals surface area contributed by atoms with Crippen molar-refractivity contribution < 1.29 is 22.7 Å². The third-order valence-corrected chi connectivity index (χ3v) is 9.31. The average molecular weight is 662 g/mol. The number of hydrogen-bond acceptors (Lipinski definition) is 8. The molecular formula is C34H43N7O5S. The van der Waals surface area contributed by atoms with Crippen molar-refractivity contribution in [2.75, 3.05) is 41.4 Å². The summed E-state index contributed by atoms with van der Waals surface area (Å²) in [6.07, 6.45) is 7.72. The van der Waals surface area contributed by atoms with Crippen molar-refractivity contribution in [1.82, 2.24) is 19.9 Å². The van der Waals surface area contributed by atoms with Gasteiger partial charge in [-0.1, -0.05) is 45.0 Å². The highest BCUT2D eigenvalue weighted by molar-refractivity contribution is 7.92. The first-order chi connectivity index (χ1) is 22.4. The Morgan fingerprint density at radius 1 is 0.957 bits per heavy atom. The zero-order valence-electron chi connectivity index (χ0n) is 27.5. The summed E-state index contributed by atoms with van der Waals surface area (Å²) in [6.45, 7) is 7.98. The number of pyridine rings is 1. The van der Waals surface area contributed by atoms with Crippen LogP contribution < -0.4 is 29.7 Å². The van der Waals surface area contributed by atoms with Crippen LogP contribution in [0.3, 0.4) is 0 Å². The molecule has 47 heavy (non-hydrogen) atoms. The lowest BCUT2D eigenvalue weighted by molar-refractivity contribution is 0.171. The van der Waals surface area contributed by atoms with Crippen molar-refractivity contribution in [2.45, 2.75) is 70.4 Å². The van der Waals surface area contributed by atoms with Crippen LogP contribution in [0, 0.1) is 0 Å². The molecule has 13 heteroatoms. The zero-order chi connectivity index (χ0) is 33.3. The van der Waals surface area contributed by atoms with E-state index in [-0.39, 0.29) is 29.0 Å². The van der Waals surface area contributed by atoms with Crippen LogP contribution in [0.4, 0.5) is 22.1 Å². The Morgan fingerprint density at radius 2 is 1.68 bits per heavy atom. The van der Waals surface area contributed by atoms with E-state index in [1.165, 1.54) is 13.5 Å². The van der Waals surface area contributed by atoms with Crippen molar-refractivity contribution in [3.63, 3.8) is 0 Å². The Labute approximate surface area is 275 Å². The van der Waals surface area contributed by atoms with E-state index >= 15 is 0 Å². The zero-order valence-corrected chi connectivity index (χ0v) is 28.4. The van der Waals surface area contributed by atoms with Gasteiger partial charge in [0.1, 0.15) is 11.9 Å². The maximum absolute atomic E-state index is 13.5. The molecule has 0 bridgehead atoms. The molecule has 1 aliphatic carbocycles. The van der Waals surface area contributed by atoms with Gasteiger partial charge >= 0.3 is 6.03 Å². The number of nitrogens with one attached hydrogen (secondary N) is 3. The third-order valence-electron chi connectivity index (χ3n) is 8.72. The number of anilines is 3. The van der Waals surface area contributed by atoms with E-state index in [1.54, 1.807) is 6.07 Å². The van der Waals surface area contributed by atoms with Crippen LogP contribution in [0.2, 0.25) is 0 Å². The van der Waals surface area contributed by atoms with Gasteiger partial charge in [0, 0.05) is 13.1 Å². The predicted molar refractivity (Wildman–Crippen MR) is 183 cm³/mol. The van der Waals surface area contributed by atoms with Gasteiger partial charge in [-0.15, -0.1) is 10.2 Å². The number of ether oxygens (including phenoxy) is 2. The number of hydrogen-bond donors (Lipinski definition) is 3. The molecule has 2 aromatic carbocycles. The smallest absolute Gasteiger partial charge is 0.319 e. The van der Waals surface area contributed by atoms with Gasteiger partial charge in [0.05, 0.1) is 37.0 Å². The predicted octanol–water partition coefficient (Wildman–Crippen LogP) is 6.17. The third kappa shape index (κ3) is 7.24. The molecule has 1 aliphatic heterocycles. The Morgan fingerprint density at radius 3 is 2.38 bits per heavy atom. The van der Waals surface area contributed by atoms with Gasteiger partial charge < -0.3 is 25.0 Å². The van der Waals surface area contributed by atoms with E-state index < -0.39 is 16.1 Å². The molecule has 0 unspecified atom stereocenters. The fraction of sp³-hybridized carbons (Fsp3) is 0.441. The molecule has 250 valence electrons. The molecule has 6 rings (SSSR count). The van der Waals surface area contributed by atoms with Gasteiger partial charge in [0.15, 0.2) is 11.4 Å². The van der Waals surface area contributed by atoms with Crippen LogP contribution in [0.15, 0.2) is 54.7 Å². The molecule has 0 spiro atoms. The van der Waals surface area contributed by atoms with Crippen LogP contribution in [-0.4, -0.2) is 55.5 Å². The minimum absolute atomic E-state index is 0.201. The van der Waals surface area contributed by atoms with Crippen LogP contribution in [0.25, 0.3) is 5.65 Å². The van der Waals surface area contributed by atoms with Crippen LogP contribution in [0.5, 0.6) is 11.5 Å². The van der Waals surface area contributed by atoms with Gasteiger partial charge in [-0.05, 0) is 78.5 Å². The van der Waals surface area contributed by atoms with E-state index in [1.807, 2.05) is 73.8 Å². The van der Waals surface area contributed by atoms with E-state index in [0.717, 1.165) is 66.2 Å². The summed E-state index contributed by atoms with van der Waals surface area (Å²) in [5.74, 6) is 1.79. The van der Waals surface area contributed by atoms with E-state index in [9.17, 15) is 13.2 Å². The average Bonchev–Trinajstić information content (AvgIpc) is 3.45. The number of sulfonamides is 1. The summed E-state index contributed by atoms with van der Waals surface area (Å²) >= 11 is 0. The molecular weight excluding hydrogens is 618 g/mol. The molecule has 3 N–H and O–H groups in total. The second-order valence-electron chi connectivity index (χ2n) is 13.3. The molecule has 1 fully saturated rings. The van der Waals surface area contributed by atoms with Crippen LogP contribution in [-0.2, 0) is 15.4 Å². The van der Waals surface area contributed by atoms with Gasteiger partial charge in [-0.3, -0.25) is 9.12 Å². The monoisotopic (exact) mass is 661 g/mol. The maximum Gasteiger partial charge on any atom is 0.319 e. The summed E-state index contributed by atoms with van der Waals surface area (Å²) in [6, 6.07) is 14.7. The largest absolute Gasteiger partial charge is 0.492 e. The number of urea groups is 1. The standard InChI is InChI=1S/C34H43N7O5S/c1-34(2,3)22-19-27(31(45-4)28(20-22)39-47(5,43)44)36-32(42)35-26-14-15-29(25-12-8-7-11-24(25)26)46-23-13-16-30-37-38-33(41(30)21-23)40-17-9-6-10-18-40/h7-8,11-13,16,19-21,26,29,39H,6,9-10,14-15,17-18H2,1-5H3,(H2,35,36,42)/t26-,29+/m0/s1. The van der Waals surface area contributed by atoms with Crippen molar-refractivity contribution in [2.24, 2.45) is 0 Å². The number of methoxy groups -OCH3 is 1. The highest BCUT2D eigenvalue weighted by atomic mass is 32.2. The topological polar surface area (TPSA) is 139 Å². The number of fused-ring (bicyclic) bond motifs is 2. The first-order valence-electron chi connectivity index (χ1n) is 16.0. The molecule has 3 heterocycles. The molecule has 2 aromatic heterocycles. The Hall–Kier alpha value is -4.52. The van der Waals surface area contributed by atoms with Crippen molar-refractivity contribution in [3.8, 4) is 11.5 Å². The molecule has 1 saturated heterocycles. The fourth-order valence-corrected chi connectivity index (χ4v) is 6.94. The van der Waals surface area contributed by atoms with E-state index in [2.05, 4.69) is 30.5 Å². The number of amides is 2. The lowest BCUT2D eigenvalue weighted by Crippen LogP contribution is -2.35. The Kier molecular flexibility index (Phi) is 8.93. The molecule has 4 aromatic rings. The number of benzene rings is 2. The highest BCUT2D eigenvalue weighted by Crippen LogP contribution is 2.41. The maximum atomic E-state index is 13.5. The minimum Gasteiger partial charge on any atom is -0.492 e. The number of nitrogens with zero attached hydrogens (tertiary/aromatic N) is 4. The number of piperidine rings is 1. The molecule has 2 amide bonds. The molecule has 0 radical (unpaired) electrons. The first-order valence-corrected chi connectivity index (χ1v) is 17.9. The lowest BCUT2D eigenvalue weighted by atomic mass is 9.85. The van der Waals surface area contributed by atoms with Gasteiger partial charge in [0.2, 0.25) is 16.0 Å². The first kappa shape index (κ1) is 32.4. The van der Waals surface area contributed by atoms with Crippen molar-refractivity contribution >= 4 is 39.0 Å². The molecule has 2 atom stereocenters. The second-order valence-corrected chi connectivity index (χ2v) is 15.1. The Balaban J connectivity index is 1.21. The van der Waals surface area contributed by atoms with Crippen molar-refractivity contribution in [3.05, 3.63) is 71.4 Å². The highest BCUT2D eigenvalue weighted by Gasteiger charge is 2.30. The summed E-state index contributed by atoms with van der Waals surface area (Å²) < 4.78 is 40.9. The number of aromatic nitrogens is 3. The lowest BCUT2D eigenvalue weighted by Gasteiger charge is -2.32. The van der Waals surface area contributed by atoms with Crippen molar-refractivity contribution in [1.29, 1.82) is 0 Å². The summed E-state index contributed by atoms with van der Waals surface area (Å²) in [5.41, 5.74) is 3.90. The Bertz CT molecular complexity index is 1880. The summed E-state index contributed by atoms with van der Waals surface area (Å²) in [4.78, 5) is 15.8. The summed E-state index contributed by atoms with van der Waals surface area (Å²) in [7, 11) is -2.16. The summed E-state index contributed by atoms with van der Waals surface area (Å²) in [5, 5.41) is 14.9. The number of rotatable bonds is 8. The normalized spacial score (nSPS) is 18.4. The molecule has 2 aliphatic rings. The SMILES string of the molecule is COc1c(NC(=O)N[C@H]2CC[C@@H](Oc3ccc4nnc(N5CCCCC5)n4c3)c3ccccc32)cc(C(C)(C)C)cc1NS(C)(=O)=O. The fourth-order valence-electron chi connectivity index (χ4n) is 6.39. The van der Waals surface area contributed by atoms with Gasteiger partial charge in [-0.2, -0.15) is 0 Å². The van der Waals surface area contributed by atoms with E-state index in [0.29, 0.717) is 18.5 Å². The van der Waals surface area contributed by atoms with Crippen LogP contribution >= 0.6 is 0 Å². The molecule has 12 nitrogen and oxygen atoms in total. The number of carbonyl (C=O) groups is 1. The minimum atomic E-state index is -3.60. The van der Waals surface area contributed by atoms with E-state index in [4.69, 9.17) is 9.47 Å². The quantitative estimate of drug-likeness (QED) is 0.204.